The van der Waals surface area contributed by atoms with Gasteiger partial charge in [0.1, 0.15) is 17.2 Å². The maximum Gasteiger partial charge on any atom is 0.339 e. The van der Waals surface area contributed by atoms with E-state index in [9.17, 15) is 24.3 Å². The van der Waals surface area contributed by atoms with Crippen molar-refractivity contribution in [2.24, 2.45) is 0 Å². The third kappa shape index (κ3) is 4.63. The molecule has 0 radical (unpaired) electrons. The van der Waals surface area contributed by atoms with E-state index < -0.39 is 30.4 Å². The minimum atomic E-state index is -0.940. The lowest BCUT2D eigenvalue weighted by Crippen LogP contribution is -2.38. The highest BCUT2D eigenvalue weighted by atomic mass is 32.1. The van der Waals surface area contributed by atoms with Gasteiger partial charge in [-0.25, -0.2) is 14.5 Å². The van der Waals surface area contributed by atoms with Gasteiger partial charge in [-0.3, -0.25) is 9.59 Å². The van der Waals surface area contributed by atoms with Gasteiger partial charge in [0.15, 0.2) is 0 Å². The Labute approximate surface area is 223 Å². The van der Waals surface area contributed by atoms with Crippen molar-refractivity contribution in [1.29, 1.82) is 0 Å². The first kappa shape index (κ1) is 25.5. The Bertz CT molecular complexity index is 1510. The highest BCUT2D eigenvalue weighted by Gasteiger charge is 2.35. The zero-order valence-corrected chi connectivity index (χ0v) is 22.2. The summed E-state index contributed by atoms with van der Waals surface area (Å²) in [6.45, 7) is 5.26. The number of aryl methyl sites for hydroxylation is 3. The topological polar surface area (TPSA) is 121 Å². The number of carboxylic acids is 1. The molecule has 1 aromatic carbocycles. The molecule has 0 atom stereocenters. The lowest BCUT2D eigenvalue weighted by molar-refractivity contribution is -0.127. The number of carbonyl (C=O) groups is 4. The number of hydrogen-bond donors (Lipinski definition) is 3. The van der Waals surface area contributed by atoms with E-state index in [1.807, 2.05) is 43.5 Å². The predicted molar refractivity (Wildman–Crippen MR) is 145 cm³/mol. The monoisotopic (exact) mass is 532 g/mol. The van der Waals surface area contributed by atoms with Crippen LogP contribution in [0.3, 0.4) is 0 Å². The zero-order chi connectivity index (χ0) is 27.1. The second-order valence-electron chi connectivity index (χ2n) is 9.65. The summed E-state index contributed by atoms with van der Waals surface area (Å²) < 4.78 is 1.91. The van der Waals surface area contributed by atoms with Crippen molar-refractivity contribution in [3.63, 3.8) is 0 Å². The van der Waals surface area contributed by atoms with Gasteiger partial charge < -0.3 is 20.3 Å². The van der Waals surface area contributed by atoms with Gasteiger partial charge in [0.25, 0.3) is 5.91 Å². The molecule has 3 aromatic rings. The van der Waals surface area contributed by atoms with Gasteiger partial charge in [0.2, 0.25) is 5.91 Å². The van der Waals surface area contributed by atoms with Crippen molar-refractivity contribution in [2.45, 2.75) is 46.5 Å². The normalized spacial score (nSPS) is 16.1. The second kappa shape index (κ2) is 9.94. The third-order valence-electron chi connectivity index (χ3n) is 6.94. The second-order valence-corrected chi connectivity index (χ2v) is 10.7. The van der Waals surface area contributed by atoms with Crippen molar-refractivity contribution < 1.29 is 24.3 Å². The van der Waals surface area contributed by atoms with Crippen molar-refractivity contribution in [3.05, 3.63) is 74.5 Å². The summed E-state index contributed by atoms with van der Waals surface area (Å²) in [5, 5.41) is 15.9. The number of urea groups is 1. The summed E-state index contributed by atoms with van der Waals surface area (Å²) in [6, 6.07) is 8.39. The van der Waals surface area contributed by atoms with E-state index in [0.717, 1.165) is 58.0 Å². The first-order chi connectivity index (χ1) is 18.1. The molecule has 9 nitrogen and oxygen atoms in total. The van der Waals surface area contributed by atoms with Gasteiger partial charge >= 0.3 is 12.0 Å². The van der Waals surface area contributed by atoms with Gasteiger partial charge in [-0.1, -0.05) is 17.7 Å². The molecule has 1 fully saturated rings. The summed E-state index contributed by atoms with van der Waals surface area (Å²) in [5.74, 6) is -2.03. The molecule has 0 spiro atoms. The summed E-state index contributed by atoms with van der Waals surface area (Å²) in [4.78, 5) is 52.2. The van der Waals surface area contributed by atoms with E-state index in [0.29, 0.717) is 21.8 Å². The van der Waals surface area contributed by atoms with Crippen LogP contribution in [0.25, 0.3) is 11.1 Å². The number of benzene rings is 1. The summed E-state index contributed by atoms with van der Waals surface area (Å²) >= 11 is 1.51. The molecular formula is C28H28N4O5S. The maximum atomic E-state index is 13.0. The SMILES string of the molecule is Cc1ccc(NC(=O)CN2C(=O)N/C(=C\c3cc(C)n(-c4sc5c(c4C(=O)O)CCCC5)c3C)C2=O)cc1. The lowest BCUT2D eigenvalue weighted by Gasteiger charge is -2.12. The fourth-order valence-electron chi connectivity index (χ4n) is 5.03. The molecule has 2 aliphatic rings. The van der Waals surface area contributed by atoms with Crippen LogP contribution in [0, 0.1) is 20.8 Å². The number of carbonyl (C=O) groups excluding carboxylic acids is 3. The average molecular weight is 533 g/mol. The summed E-state index contributed by atoms with van der Waals surface area (Å²) in [6.07, 6.45) is 5.24. The van der Waals surface area contributed by atoms with Crippen molar-refractivity contribution in [3.8, 4) is 5.00 Å². The standard InChI is InChI=1S/C28H28N4O5S/c1-15-8-10-19(11-9-15)29-23(33)14-31-25(34)21(30-28(31)37)13-18-12-16(2)32(17(18)3)26-24(27(35)36)20-6-4-5-7-22(20)38-26/h8-13H,4-7,14H2,1-3H3,(H,29,33)(H,30,37)(H,35,36)/b21-13-. The highest BCUT2D eigenvalue weighted by molar-refractivity contribution is 7.15. The molecule has 38 heavy (non-hydrogen) atoms. The Morgan fingerprint density at radius 3 is 2.53 bits per heavy atom. The first-order valence-corrected chi connectivity index (χ1v) is 13.2. The Balaban J connectivity index is 1.40. The van der Waals surface area contributed by atoms with Gasteiger partial charge in [0, 0.05) is 22.0 Å². The van der Waals surface area contributed by atoms with E-state index in [1.54, 1.807) is 18.2 Å². The molecule has 3 heterocycles. The Hall–Kier alpha value is -4.18. The molecule has 1 saturated heterocycles. The minimum absolute atomic E-state index is 0.0577. The molecular weight excluding hydrogens is 504 g/mol. The quantitative estimate of drug-likeness (QED) is 0.317. The number of imide groups is 1. The smallest absolute Gasteiger partial charge is 0.339 e. The Kier molecular flexibility index (Phi) is 6.66. The van der Waals surface area contributed by atoms with Gasteiger partial charge in [-0.15, -0.1) is 11.3 Å². The molecule has 2 aromatic heterocycles. The molecule has 1 aliphatic carbocycles. The van der Waals surface area contributed by atoms with Crippen LogP contribution in [-0.2, 0) is 22.4 Å². The van der Waals surface area contributed by atoms with Crippen LogP contribution in [0.15, 0.2) is 36.0 Å². The Morgan fingerprint density at radius 2 is 1.82 bits per heavy atom. The number of rotatable bonds is 6. The maximum absolute atomic E-state index is 13.0. The van der Waals surface area contributed by atoms with E-state index in [1.165, 1.54) is 11.3 Å². The van der Waals surface area contributed by atoms with Gasteiger partial charge in [-0.05, 0) is 81.9 Å². The van der Waals surface area contributed by atoms with Gasteiger partial charge in [-0.2, -0.15) is 0 Å². The largest absolute Gasteiger partial charge is 0.478 e. The molecule has 0 bridgehead atoms. The number of thiophene rings is 1. The van der Waals surface area contributed by atoms with Crippen LogP contribution in [0.2, 0.25) is 0 Å². The fraction of sp³-hybridized carbons (Fsp3) is 0.286. The Morgan fingerprint density at radius 1 is 1.11 bits per heavy atom. The van der Waals surface area contributed by atoms with Crippen LogP contribution in [0.1, 0.15) is 56.2 Å². The van der Waals surface area contributed by atoms with Crippen molar-refractivity contribution >= 4 is 46.9 Å². The van der Waals surface area contributed by atoms with Gasteiger partial charge in [0.05, 0.1) is 5.56 Å². The lowest BCUT2D eigenvalue weighted by atomic mass is 9.95. The number of aromatic nitrogens is 1. The van der Waals surface area contributed by atoms with E-state index in [4.69, 9.17) is 0 Å². The predicted octanol–water partition coefficient (Wildman–Crippen LogP) is 4.57. The van der Waals surface area contributed by atoms with Crippen LogP contribution < -0.4 is 10.6 Å². The third-order valence-corrected chi connectivity index (χ3v) is 8.22. The fourth-order valence-corrected chi connectivity index (χ4v) is 6.52. The number of hydrogen-bond acceptors (Lipinski definition) is 5. The average Bonchev–Trinajstić information content (AvgIpc) is 3.47. The number of nitrogens with zero attached hydrogens (tertiary/aromatic N) is 2. The molecule has 0 saturated carbocycles. The van der Waals surface area contributed by atoms with Crippen molar-refractivity contribution in [2.75, 3.05) is 11.9 Å². The van der Waals surface area contributed by atoms with E-state index in [-0.39, 0.29) is 5.70 Å². The number of anilines is 1. The summed E-state index contributed by atoms with van der Waals surface area (Å²) in [7, 11) is 0. The molecule has 5 rings (SSSR count). The molecule has 3 N–H and O–H groups in total. The summed E-state index contributed by atoms with van der Waals surface area (Å²) in [5.41, 5.74) is 5.21. The van der Waals surface area contributed by atoms with E-state index >= 15 is 0 Å². The number of aromatic carboxylic acids is 1. The van der Waals surface area contributed by atoms with Crippen LogP contribution in [0.5, 0.6) is 0 Å². The zero-order valence-electron chi connectivity index (χ0n) is 21.4. The number of amides is 4. The van der Waals surface area contributed by atoms with Crippen LogP contribution in [-0.4, -0.2) is 44.9 Å². The molecule has 196 valence electrons. The number of fused-ring (bicyclic) bond motifs is 1. The molecule has 4 amide bonds. The van der Waals surface area contributed by atoms with Crippen LogP contribution >= 0.6 is 11.3 Å². The molecule has 10 heteroatoms. The number of carboxylic acid groups (broad SMARTS) is 1. The number of nitrogens with one attached hydrogen (secondary N) is 2. The molecule has 1 aliphatic heterocycles. The first-order valence-electron chi connectivity index (χ1n) is 12.4. The highest BCUT2D eigenvalue weighted by Crippen LogP contribution is 2.39. The van der Waals surface area contributed by atoms with Crippen LogP contribution in [0.4, 0.5) is 10.5 Å². The molecule has 0 unspecified atom stereocenters. The minimum Gasteiger partial charge on any atom is -0.478 e. The van der Waals surface area contributed by atoms with E-state index in [2.05, 4.69) is 10.6 Å². The van der Waals surface area contributed by atoms with Crippen molar-refractivity contribution in [1.82, 2.24) is 14.8 Å².